The highest BCUT2D eigenvalue weighted by atomic mass is 32.1. The van der Waals surface area contributed by atoms with Crippen molar-refractivity contribution in [1.29, 1.82) is 0 Å². The summed E-state index contributed by atoms with van der Waals surface area (Å²) in [5.74, 6) is 0.239. The maximum absolute atomic E-state index is 6.40. The van der Waals surface area contributed by atoms with E-state index < -0.39 is 0 Å². The van der Waals surface area contributed by atoms with Gasteiger partial charge in [-0.2, -0.15) is 0 Å². The molecule has 13 rings (SSSR count). The number of furan rings is 1. The number of allylic oxidation sites excluding steroid dienone is 3. The van der Waals surface area contributed by atoms with E-state index >= 15 is 0 Å². The first kappa shape index (κ1) is 33.6. The molecule has 3 nitrogen and oxygen atoms in total. The van der Waals surface area contributed by atoms with Crippen molar-refractivity contribution in [2.75, 3.05) is 4.90 Å². The van der Waals surface area contributed by atoms with Crippen molar-refractivity contribution < 1.29 is 4.42 Å². The molecule has 3 heterocycles. The van der Waals surface area contributed by atoms with Crippen LogP contribution in [0, 0.1) is 0 Å². The van der Waals surface area contributed by atoms with E-state index in [9.17, 15) is 0 Å². The van der Waals surface area contributed by atoms with Crippen molar-refractivity contribution in [1.82, 2.24) is 4.57 Å². The van der Waals surface area contributed by atoms with Crippen molar-refractivity contribution in [3.63, 3.8) is 0 Å². The first-order valence-corrected chi connectivity index (χ1v) is 21.5. The number of hydrogen-bond donors (Lipinski definition) is 0. The molecule has 0 N–H and O–H groups in total. The zero-order valence-electron chi connectivity index (χ0n) is 32.5. The Morgan fingerprint density at radius 2 is 1.23 bits per heavy atom. The molecule has 0 radical (unpaired) electrons. The van der Waals surface area contributed by atoms with Crippen LogP contribution in [-0.4, -0.2) is 4.57 Å². The van der Waals surface area contributed by atoms with Gasteiger partial charge in [0, 0.05) is 81.8 Å². The van der Waals surface area contributed by atoms with E-state index in [0.29, 0.717) is 0 Å². The molecule has 3 aromatic heterocycles. The standard InChI is InChI=1S/C56H36N2OS/c1-2-12-40(13-3-1)58-51-29-22-38(31-49(51)50-32-39-21-27-47-46-15-7-9-17-55(46)60-56(47)48(39)34-52(50)58)36-18-23-41(24-19-36)57(42-25-20-35-10-4-5-11-37(35)30-42)43-26-28-45-44-14-6-8-16-53(44)59-54(45)33-43/h1-18,20-34,36H,19H2. The molecule has 0 saturated heterocycles. The van der Waals surface area contributed by atoms with Crippen LogP contribution in [0.25, 0.3) is 91.1 Å². The van der Waals surface area contributed by atoms with E-state index in [1.54, 1.807) is 0 Å². The second-order valence-corrected chi connectivity index (χ2v) is 17.1. The first-order chi connectivity index (χ1) is 29.7. The highest BCUT2D eigenvalue weighted by Crippen LogP contribution is 2.44. The summed E-state index contributed by atoms with van der Waals surface area (Å²) in [5.41, 5.74) is 10.1. The predicted octanol–water partition coefficient (Wildman–Crippen LogP) is 16.1. The summed E-state index contributed by atoms with van der Waals surface area (Å²) in [6, 6.07) is 66.5. The molecule has 1 aliphatic rings. The Morgan fingerprint density at radius 3 is 2.13 bits per heavy atom. The molecule has 282 valence electrons. The first-order valence-electron chi connectivity index (χ1n) is 20.7. The summed E-state index contributed by atoms with van der Waals surface area (Å²) in [4.78, 5) is 2.38. The Hall–Kier alpha value is -7.40. The van der Waals surface area contributed by atoms with E-state index in [4.69, 9.17) is 4.42 Å². The summed E-state index contributed by atoms with van der Waals surface area (Å²) in [6.07, 6.45) is 8.00. The lowest BCUT2D eigenvalue weighted by atomic mass is 9.90. The van der Waals surface area contributed by atoms with Crippen molar-refractivity contribution in [3.8, 4) is 5.69 Å². The lowest BCUT2D eigenvalue weighted by Gasteiger charge is -2.29. The fraction of sp³-hybridized carbons (Fsp3) is 0.0357. The molecule has 0 aliphatic heterocycles. The van der Waals surface area contributed by atoms with E-state index in [-0.39, 0.29) is 5.92 Å². The van der Waals surface area contributed by atoms with Crippen LogP contribution in [0.4, 0.5) is 11.4 Å². The van der Waals surface area contributed by atoms with Crippen LogP contribution in [0.5, 0.6) is 0 Å². The fourth-order valence-electron chi connectivity index (χ4n) is 9.76. The molecule has 1 aliphatic carbocycles. The van der Waals surface area contributed by atoms with E-state index in [0.717, 1.165) is 45.4 Å². The van der Waals surface area contributed by atoms with Gasteiger partial charge >= 0.3 is 0 Å². The van der Waals surface area contributed by atoms with Crippen LogP contribution >= 0.6 is 11.3 Å². The summed E-state index contributed by atoms with van der Waals surface area (Å²) in [5, 5.41) is 12.5. The highest BCUT2D eigenvalue weighted by Gasteiger charge is 2.22. The van der Waals surface area contributed by atoms with Gasteiger partial charge in [-0.05, 0) is 107 Å². The van der Waals surface area contributed by atoms with Gasteiger partial charge in [0.15, 0.2) is 0 Å². The molecule has 1 atom stereocenters. The molecule has 9 aromatic carbocycles. The number of hydrogen-bond acceptors (Lipinski definition) is 3. The van der Waals surface area contributed by atoms with E-state index in [1.165, 1.54) is 74.8 Å². The minimum atomic E-state index is 0.239. The van der Waals surface area contributed by atoms with Crippen LogP contribution in [0.2, 0.25) is 0 Å². The molecular formula is C56H36N2OS. The normalized spacial score (nSPS) is 14.5. The topological polar surface area (TPSA) is 21.3 Å². The second-order valence-electron chi connectivity index (χ2n) is 16.1. The molecule has 4 heteroatoms. The average Bonchev–Trinajstić information content (AvgIpc) is 3.98. The molecule has 12 aromatic rings. The maximum atomic E-state index is 6.40. The number of benzene rings is 9. The Labute approximate surface area is 349 Å². The number of fused-ring (bicyclic) bond motifs is 12. The third-order valence-electron chi connectivity index (χ3n) is 12.7. The van der Waals surface area contributed by atoms with Gasteiger partial charge in [0.2, 0.25) is 0 Å². The van der Waals surface area contributed by atoms with Crippen molar-refractivity contribution in [2.24, 2.45) is 0 Å². The van der Waals surface area contributed by atoms with Crippen molar-refractivity contribution in [2.45, 2.75) is 12.3 Å². The van der Waals surface area contributed by atoms with Crippen LogP contribution in [0.1, 0.15) is 17.9 Å². The molecule has 0 amide bonds. The third-order valence-corrected chi connectivity index (χ3v) is 13.9. The van der Waals surface area contributed by atoms with Gasteiger partial charge < -0.3 is 13.9 Å². The number of nitrogens with zero attached hydrogens (tertiary/aromatic N) is 2. The van der Waals surface area contributed by atoms with E-state index in [1.807, 2.05) is 23.5 Å². The zero-order valence-corrected chi connectivity index (χ0v) is 33.4. The van der Waals surface area contributed by atoms with Crippen LogP contribution < -0.4 is 4.90 Å². The number of para-hydroxylation sites is 2. The molecule has 0 fully saturated rings. The molecule has 0 bridgehead atoms. The number of anilines is 2. The predicted molar refractivity (Wildman–Crippen MR) is 256 cm³/mol. The van der Waals surface area contributed by atoms with Crippen molar-refractivity contribution >= 4 is 108 Å². The van der Waals surface area contributed by atoms with Gasteiger partial charge in [0.25, 0.3) is 0 Å². The summed E-state index contributed by atoms with van der Waals surface area (Å²) < 4.78 is 11.5. The largest absolute Gasteiger partial charge is 0.456 e. The zero-order chi connectivity index (χ0) is 39.3. The Balaban J connectivity index is 0.923. The molecule has 60 heavy (non-hydrogen) atoms. The Kier molecular flexibility index (Phi) is 7.30. The van der Waals surface area contributed by atoms with Gasteiger partial charge in [0.1, 0.15) is 11.2 Å². The lowest BCUT2D eigenvalue weighted by Crippen LogP contribution is -2.17. The van der Waals surface area contributed by atoms with Gasteiger partial charge in [-0.3, -0.25) is 0 Å². The quantitative estimate of drug-likeness (QED) is 0.173. The average molecular weight is 785 g/mol. The van der Waals surface area contributed by atoms with Gasteiger partial charge in [-0.25, -0.2) is 0 Å². The lowest BCUT2D eigenvalue weighted by molar-refractivity contribution is 0.669. The third kappa shape index (κ3) is 5.14. The molecule has 1 unspecified atom stereocenters. The second kappa shape index (κ2) is 13.1. The summed E-state index contributed by atoms with van der Waals surface area (Å²) in [7, 11) is 0. The van der Waals surface area contributed by atoms with Crippen molar-refractivity contribution in [3.05, 3.63) is 211 Å². The Morgan fingerprint density at radius 1 is 0.500 bits per heavy atom. The fourth-order valence-corrected chi connectivity index (χ4v) is 11.0. The molecule has 0 saturated carbocycles. The van der Waals surface area contributed by atoms with E-state index in [2.05, 4.69) is 198 Å². The number of aromatic nitrogens is 1. The minimum absolute atomic E-state index is 0.239. The van der Waals surface area contributed by atoms with Gasteiger partial charge in [-0.1, -0.05) is 115 Å². The molecule has 0 spiro atoms. The van der Waals surface area contributed by atoms with Gasteiger partial charge in [-0.15, -0.1) is 11.3 Å². The van der Waals surface area contributed by atoms with Crippen LogP contribution in [-0.2, 0) is 0 Å². The SMILES string of the molecule is C1=CC(c2ccc3c(c2)c2cc4ccc5c6ccccc6sc5c4cc2n3-c2ccccc2)CC=C1N(c1ccc2ccccc2c1)c1ccc2c(c1)oc1ccccc12. The van der Waals surface area contributed by atoms with Crippen LogP contribution in [0.15, 0.2) is 210 Å². The summed E-state index contributed by atoms with van der Waals surface area (Å²) >= 11 is 1.90. The number of thiophene rings is 1. The van der Waals surface area contributed by atoms with Crippen LogP contribution in [0.3, 0.4) is 0 Å². The van der Waals surface area contributed by atoms with Gasteiger partial charge in [0.05, 0.1) is 11.0 Å². The summed E-state index contributed by atoms with van der Waals surface area (Å²) in [6.45, 7) is 0. The highest BCUT2D eigenvalue weighted by molar-refractivity contribution is 7.26. The molecular weight excluding hydrogens is 749 g/mol. The minimum Gasteiger partial charge on any atom is -0.456 e. The maximum Gasteiger partial charge on any atom is 0.137 e. The monoisotopic (exact) mass is 784 g/mol. The Bertz CT molecular complexity index is 3770. The smallest absolute Gasteiger partial charge is 0.137 e. The number of rotatable bonds is 5.